The van der Waals surface area contributed by atoms with Crippen LogP contribution in [0.4, 0.5) is 0 Å². The highest BCUT2D eigenvalue weighted by molar-refractivity contribution is 7.93. The van der Waals surface area contributed by atoms with E-state index in [2.05, 4.69) is 35.4 Å². The number of aromatic amines is 1. The predicted molar refractivity (Wildman–Crippen MR) is 115 cm³/mol. The number of sulfone groups is 1. The molecule has 0 unspecified atom stereocenters. The van der Waals surface area contributed by atoms with Crippen LogP contribution in [0.1, 0.15) is 10.6 Å². The summed E-state index contributed by atoms with van der Waals surface area (Å²) in [5.74, 6) is -1.80. The van der Waals surface area contributed by atoms with Crippen LogP contribution in [0, 0.1) is 0 Å². The third kappa shape index (κ3) is 4.00. The molecule has 34 heavy (non-hydrogen) atoms. The Hall–Kier alpha value is -3.80. The van der Waals surface area contributed by atoms with E-state index in [-0.39, 0.29) is 40.7 Å². The lowest BCUT2D eigenvalue weighted by Crippen LogP contribution is -2.22. The van der Waals surface area contributed by atoms with Gasteiger partial charge in [-0.3, -0.25) is 0 Å². The van der Waals surface area contributed by atoms with Gasteiger partial charge in [0.05, 0.1) is 29.0 Å². The summed E-state index contributed by atoms with van der Waals surface area (Å²) in [6.07, 6.45) is 0. The van der Waals surface area contributed by atoms with Crippen LogP contribution in [0.2, 0.25) is 0 Å². The molecule has 178 valence electrons. The van der Waals surface area contributed by atoms with E-state index in [0.29, 0.717) is 0 Å². The van der Waals surface area contributed by atoms with Crippen molar-refractivity contribution in [2.24, 2.45) is 10.9 Å². The van der Waals surface area contributed by atoms with Crippen molar-refractivity contribution in [1.82, 2.24) is 35.2 Å². The van der Waals surface area contributed by atoms with Crippen LogP contribution in [-0.4, -0.2) is 77.4 Å². The quantitative estimate of drug-likeness (QED) is 0.249. The summed E-state index contributed by atoms with van der Waals surface area (Å²) in [5, 5.41) is 22.9. The van der Waals surface area contributed by atoms with Crippen molar-refractivity contribution in [3.8, 4) is 22.6 Å². The number of sulfonamides is 1. The molecule has 4 aromatic rings. The number of esters is 1. The fourth-order valence-corrected chi connectivity index (χ4v) is 6.10. The minimum absolute atomic E-state index is 0.129. The molecule has 0 fully saturated rings. The Labute approximate surface area is 192 Å². The van der Waals surface area contributed by atoms with Crippen LogP contribution < -0.4 is 10.9 Å². The molecule has 0 amide bonds. The number of pyridine rings is 1. The van der Waals surface area contributed by atoms with E-state index >= 15 is 0 Å². The smallest absolute Gasteiger partial charge is 0.377 e. The summed E-state index contributed by atoms with van der Waals surface area (Å²) in [4.78, 5) is 14.7. The zero-order valence-corrected chi connectivity index (χ0v) is 19.0. The van der Waals surface area contributed by atoms with Crippen LogP contribution in [0.25, 0.3) is 28.3 Å². The number of tetrazole rings is 1. The lowest BCUT2D eigenvalue weighted by molar-refractivity contribution is 0.0587. The number of nitrogens with two attached hydrogens (primary N) is 2. The highest BCUT2D eigenvalue weighted by Crippen LogP contribution is 2.38. The second-order valence-corrected chi connectivity index (χ2v) is 10.4. The van der Waals surface area contributed by atoms with Gasteiger partial charge in [0.25, 0.3) is 5.82 Å². The Morgan fingerprint density at radius 3 is 2.56 bits per heavy atom. The van der Waals surface area contributed by atoms with Gasteiger partial charge in [-0.25, -0.2) is 36.3 Å². The summed E-state index contributed by atoms with van der Waals surface area (Å²) in [6.45, 7) is -0.250. The van der Waals surface area contributed by atoms with Crippen molar-refractivity contribution >= 4 is 31.5 Å². The molecular formula is C17H17N9O6S2. The SMILES string of the molecule is COC(=O)c1nc2cccc(-c3ccc(S(=O)(=O)CCN)c(S(N)(=O)=O)c3-c3nn[nH]n3)n2n1. The van der Waals surface area contributed by atoms with Crippen LogP contribution in [0.3, 0.4) is 0 Å². The number of benzene rings is 1. The van der Waals surface area contributed by atoms with Crippen LogP contribution in [-0.2, 0) is 24.6 Å². The number of methoxy groups -OCH3 is 1. The van der Waals surface area contributed by atoms with Gasteiger partial charge in [0.15, 0.2) is 15.5 Å². The first-order valence-corrected chi connectivity index (χ1v) is 12.6. The van der Waals surface area contributed by atoms with Gasteiger partial charge >= 0.3 is 5.97 Å². The molecule has 17 heteroatoms. The first-order chi connectivity index (χ1) is 16.1. The number of H-pyrrole nitrogens is 1. The molecule has 3 aromatic heterocycles. The lowest BCUT2D eigenvalue weighted by atomic mass is 10.0. The topological polar surface area (TPSA) is 231 Å². The fraction of sp³-hybridized carbons (Fsp3) is 0.176. The number of aromatic nitrogens is 7. The van der Waals surface area contributed by atoms with Crippen molar-refractivity contribution in [2.45, 2.75) is 9.79 Å². The van der Waals surface area contributed by atoms with Gasteiger partial charge < -0.3 is 10.5 Å². The molecule has 1 aromatic carbocycles. The molecule has 0 bridgehead atoms. The number of ether oxygens (including phenoxy) is 1. The Morgan fingerprint density at radius 1 is 1.18 bits per heavy atom. The summed E-state index contributed by atoms with van der Waals surface area (Å²) in [7, 11) is -7.64. The minimum Gasteiger partial charge on any atom is -0.463 e. The minimum atomic E-state index is -4.65. The van der Waals surface area contributed by atoms with Crippen molar-refractivity contribution in [2.75, 3.05) is 19.4 Å². The predicted octanol–water partition coefficient (Wildman–Crippen LogP) is -1.26. The van der Waals surface area contributed by atoms with Crippen LogP contribution >= 0.6 is 0 Å². The van der Waals surface area contributed by atoms with E-state index < -0.39 is 41.4 Å². The van der Waals surface area contributed by atoms with E-state index in [1.165, 1.54) is 17.7 Å². The average Bonchev–Trinajstić information content (AvgIpc) is 3.46. The number of nitrogens with zero attached hydrogens (tertiary/aromatic N) is 6. The number of hydrogen-bond acceptors (Lipinski definition) is 12. The van der Waals surface area contributed by atoms with E-state index in [4.69, 9.17) is 10.9 Å². The fourth-order valence-electron chi connectivity index (χ4n) is 3.35. The van der Waals surface area contributed by atoms with Crippen molar-refractivity contribution < 1.29 is 26.4 Å². The molecule has 5 N–H and O–H groups in total. The molecule has 0 aliphatic rings. The highest BCUT2D eigenvalue weighted by Gasteiger charge is 2.32. The largest absolute Gasteiger partial charge is 0.463 e. The molecule has 0 radical (unpaired) electrons. The third-order valence-electron chi connectivity index (χ3n) is 4.70. The van der Waals surface area contributed by atoms with E-state index in [1.807, 2.05) is 0 Å². The molecule has 0 aliphatic carbocycles. The molecule has 0 spiro atoms. The maximum Gasteiger partial charge on any atom is 0.377 e. The van der Waals surface area contributed by atoms with Gasteiger partial charge in [-0.15, -0.1) is 15.3 Å². The molecule has 0 saturated heterocycles. The van der Waals surface area contributed by atoms with Gasteiger partial charge in [-0.1, -0.05) is 12.1 Å². The molecule has 15 nitrogen and oxygen atoms in total. The second-order valence-electron chi connectivity index (χ2n) is 6.81. The normalized spacial score (nSPS) is 12.2. The number of nitrogens with one attached hydrogen (secondary N) is 1. The van der Waals surface area contributed by atoms with Gasteiger partial charge in [-0.2, -0.15) is 5.21 Å². The summed E-state index contributed by atoms with van der Waals surface area (Å²) >= 11 is 0. The molecule has 4 rings (SSSR count). The number of hydrogen-bond donors (Lipinski definition) is 3. The summed E-state index contributed by atoms with van der Waals surface area (Å²) in [5.41, 5.74) is 5.76. The molecule has 0 saturated carbocycles. The van der Waals surface area contributed by atoms with Gasteiger partial charge in [0, 0.05) is 12.1 Å². The summed E-state index contributed by atoms with van der Waals surface area (Å²) in [6, 6.07) is 7.12. The van der Waals surface area contributed by atoms with Crippen molar-refractivity contribution in [3.63, 3.8) is 0 Å². The Balaban J connectivity index is 2.14. The third-order valence-corrected chi connectivity index (χ3v) is 7.61. The van der Waals surface area contributed by atoms with Crippen molar-refractivity contribution in [1.29, 1.82) is 0 Å². The first kappa shape index (κ1) is 23.4. The number of rotatable bonds is 7. The Bertz CT molecular complexity index is 1610. The number of fused-ring (bicyclic) bond motifs is 1. The molecular weight excluding hydrogens is 490 g/mol. The monoisotopic (exact) mass is 507 g/mol. The average molecular weight is 508 g/mol. The van der Waals surface area contributed by atoms with Crippen LogP contribution in [0.15, 0.2) is 40.1 Å². The molecule has 3 heterocycles. The number of primary sulfonamides is 1. The second kappa shape index (κ2) is 8.52. The first-order valence-electron chi connectivity index (χ1n) is 9.39. The van der Waals surface area contributed by atoms with Gasteiger partial charge in [0.1, 0.15) is 4.90 Å². The molecule has 0 atom stereocenters. The summed E-state index contributed by atoms with van der Waals surface area (Å²) < 4.78 is 57.0. The van der Waals surface area contributed by atoms with Gasteiger partial charge in [0.2, 0.25) is 15.8 Å². The van der Waals surface area contributed by atoms with E-state index in [1.54, 1.807) is 18.2 Å². The molecule has 0 aliphatic heterocycles. The maximum atomic E-state index is 12.8. The Morgan fingerprint density at radius 2 is 1.94 bits per heavy atom. The maximum absolute atomic E-state index is 12.8. The zero-order chi connectivity index (χ0) is 24.7. The van der Waals surface area contributed by atoms with E-state index in [0.717, 1.165) is 6.07 Å². The number of carbonyl (C=O) groups excluding carboxylic acids is 1. The van der Waals surface area contributed by atoms with E-state index in [9.17, 15) is 21.6 Å². The van der Waals surface area contributed by atoms with Gasteiger partial charge in [-0.05, 0) is 23.4 Å². The number of carbonyl (C=O) groups is 1. The highest BCUT2D eigenvalue weighted by atomic mass is 32.2. The Kier molecular flexibility index (Phi) is 5.86. The zero-order valence-electron chi connectivity index (χ0n) is 17.4. The van der Waals surface area contributed by atoms with Crippen molar-refractivity contribution in [3.05, 3.63) is 36.2 Å². The standard InChI is InChI=1S/C17H17N9O6S2/c1-32-17(27)16-20-12-4-2-3-10(26(12)23-16)9-5-6-11(33(28,29)8-7-18)14(34(19,30)31)13(9)15-21-24-25-22-15/h2-6H,7-8,18H2,1H3,(H2,19,30,31)(H,21,22,24,25). The van der Waals surface area contributed by atoms with Crippen LogP contribution in [0.5, 0.6) is 0 Å². The lowest BCUT2D eigenvalue weighted by Gasteiger charge is -2.16.